The van der Waals surface area contributed by atoms with E-state index in [0.717, 1.165) is 0 Å². The van der Waals surface area contributed by atoms with Crippen LogP contribution in [0.5, 0.6) is 0 Å². The van der Waals surface area contributed by atoms with Crippen molar-refractivity contribution in [3.05, 3.63) is 35.9 Å². The van der Waals surface area contributed by atoms with Gasteiger partial charge in [0, 0.05) is 23.3 Å². The summed E-state index contributed by atoms with van der Waals surface area (Å²) in [6, 6.07) is 0. The van der Waals surface area contributed by atoms with Crippen LogP contribution in [-0.4, -0.2) is 16.4 Å². The maximum Gasteiger partial charge on any atom is 0.127 e. The Labute approximate surface area is 80.3 Å². The molecule has 2 nitrogen and oxygen atoms in total. The van der Waals surface area contributed by atoms with Gasteiger partial charge in [-0.1, -0.05) is 6.92 Å². The lowest BCUT2D eigenvalue weighted by Gasteiger charge is -2.17. The van der Waals surface area contributed by atoms with Crippen LogP contribution in [0.25, 0.3) is 5.57 Å². The first-order chi connectivity index (χ1) is 6.68. The summed E-state index contributed by atoms with van der Waals surface area (Å²) in [6.45, 7) is 1.65. The fraction of sp³-hybridized carbons (Fsp3) is 0.300. The van der Waals surface area contributed by atoms with Crippen molar-refractivity contribution in [2.24, 2.45) is 5.92 Å². The maximum atomic E-state index is 13.4. The lowest BCUT2D eigenvalue weighted by Crippen LogP contribution is -2.12. The van der Waals surface area contributed by atoms with Crippen molar-refractivity contribution in [1.82, 2.24) is 10.2 Å². The molecule has 0 radical (unpaired) electrons. The summed E-state index contributed by atoms with van der Waals surface area (Å²) in [4.78, 5) is 0. The van der Waals surface area contributed by atoms with Crippen molar-refractivity contribution in [3.63, 3.8) is 0 Å². The Morgan fingerprint density at radius 3 is 2.86 bits per heavy atom. The average molecular weight is 196 g/mol. The van der Waals surface area contributed by atoms with E-state index in [1.54, 1.807) is 13.1 Å². The maximum absolute atomic E-state index is 13.4. The first kappa shape index (κ1) is 9.12. The van der Waals surface area contributed by atoms with E-state index in [2.05, 4.69) is 10.2 Å². The molecule has 0 aromatic carbocycles. The van der Waals surface area contributed by atoms with E-state index in [1.807, 2.05) is 0 Å². The Kier molecular flexibility index (Phi) is 2.19. The van der Waals surface area contributed by atoms with E-state index in [-0.39, 0.29) is 11.4 Å². The first-order valence-electron chi connectivity index (χ1n) is 4.41. The number of hydrogen-bond acceptors (Lipinski definition) is 1. The van der Waals surface area contributed by atoms with Crippen molar-refractivity contribution in [2.45, 2.75) is 13.1 Å². The second-order valence-corrected chi connectivity index (χ2v) is 3.39. The highest BCUT2D eigenvalue weighted by molar-refractivity contribution is 5.77. The van der Waals surface area contributed by atoms with E-state index in [1.165, 1.54) is 18.3 Å². The molecule has 0 spiro atoms. The number of hydrogen-bond donors (Lipinski definition) is 1. The third kappa shape index (κ3) is 1.47. The van der Waals surface area contributed by atoms with E-state index >= 15 is 0 Å². The van der Waals surface area contributed by atoms with E-state index in [0.29, 0.717) is 5.56 Å². The average Bonchev–Trinajstić information content (AvgIpc) is 2.64. The Morgan fingerprint density at radius 2 is 2.21 bits per heavy atom. The van der Waals surface area contributed by atoms with Crippen molar-refractivity contribution in [2.75, 3.05) is 0 Å². The summed E-state index contributed by atoms with van der Waals surface area (Å²) in [5.41, 5.74) is 0.859. The lowest BCUT2D eigenvalue weighted by molar-refractivity contribution is 0.330. The summed E-state index contributed by atoms with van der Waals surface area (Å²) < 4.78 is 26.7. The number of halogens is 2. The number of H-pyrrole nitrogens is 1. The highest BCUT2D eigenvalue weighted by atomic mass is 19.1. The first-order valence-corrected chi connectivity index (χ1v) is 4.41. The molecule has 1 unspecified atom stereocenters. The Bertz CT molecular complexity index is 379. The minimum Gasteiger partial charge on any atom is -0.285 e. The molecule has 0 aliphatic heterocycles. The Hall–Kier alpha value is -1.45. The summed E-state index contributed by atoms with van der Waals surface area (Å²) in [6.07, 6.45) is 4.49. The van der Waals surface area contributed by atoms with Crippen LogP contribution in [0.15, 0.2) is 30.4 Å². The minimum atomic E-state index is -1.13. The van der Waals surface area contributed by atoms with Gasteiger partial charge in [0.2, 0.25) is 0 Å². The molecule has 0 saturated carbocycles. The lowest BCUT2D eigenvalue weighted by atomic mass is 9.93. The standard InChI is InChI=1S/C10H10F2N2/c1-6-2-10(12)8(3-9(6)11)7-4-13-14-5-7/h2-6,9H,1H3,(H,13,14)/t6?,9-/m1/s1. The molecule has 1 aromatic heterocycles. The third-order valence-electron chi connectivity index (χ3n) is 2.30. The van der Waals surface area contributed by atoms with Gasteiger partial charge in [-0.2, -0.15) is 5.10 Å². The van der Waals surface area contributed by atoms with Gasteiger partial charge >= 0.3 is 0 Å². The van der Waals surface area contributed by atoms with Crippen molar-refractivity contribution >= 4 is 5.57 Å². The molecular weight excluding hydrogens is 186 g/mol. The van der Waals surface area contributed by atoms with Crippen molar-refractivity contribution in [3.8, 4) is 0 Å². The monoisotopic (exact) mass is 196 g/mol. The van der Waals surface area contributed by atoms with Crippen LogP contribution in [0.4, 0.5) is 8.78 Å². The molecule has 1 aliphatic carbocycles. The molecule has 1 heterocycles. The van der Waals surface area contributed by atoms with Gasteiger partial charge in [-0.3, -0.25) is 5.10 Å². The van der Waals surface area contributed by atoms with Crippen molar-refractivity contribution < 1.29 is 8.78 Å². The van der Waals surface area contributed by atoms with Crippen LogP contribution in [0, 0.1) is 5.92 Å². The zero-order valence-electron chi connectivity index (χ0n) is 7.67. The van der Waals surface area contributed by atoms with Crippen LogP contribution < -0.4 is 0 Å². The molecule has 74 valence electrons. The number of alkyl halides is 1. The highest BCUT2D eigenvalue weighted by Crippen LogP contribution is 2.32. The van der Waals surface area contributed by atoms with E-state index < -0.39 is 12.1 Å². The predicted octanol–water partition coefficient (Wildman–Crippen LogP) is 2.63. The number of rotatable bonds is 1. The van der Waals surface area contributed by atoms with Gasteiger partial charge in [0.1, 0.15) is 12.0 Å². The number of aromatic nitrogens is 2. The molecule has 0 bridgehead atoms. The van der Waals surface area contributed by atoms with Gasteiger partial charge < -0.3 is 0 Å². The molecule has 1 N–H and O–H groups in total. The fourth-order valence-corrected chi connectivity index (χ4v) is 1.44. The van der Waals surface area contributed by atoms with Gasteiger partial charge in [0.15, 0.2) is 0 Å². The van der Waals surface area contributed by atoms with Crippen molar-refractivity contribution in [1.29, 1.82) is 0 Å². The number of nitrogens with one attached hydrogen (secondary N) is 1. The SMILES string of the molecule is CC1C=C(F)C(c2cn[nH]c2)=C[C@H]1F. The van der Waals surface area contributed by atoms with Crippen LogP contribution in [0.1, 0.15) is 12.5 Å². The summed E-state index contributed by atoms with van der Waals surface area (Å²) in [5, 5.41) is 6.26. The quantitative estimate of drug-likeness (QED) is 0.734. The zero-order chi connectivity index (χ0) is 10.1. The molecule has 1 aromatic rings. The highest BCUT2D eigenvalue weighted by Gasteiger charge is 2.22. The van der Waals surface area contributed by atoms with E-state index in [4.69, 9.17) is 0 Å². The Balaban J connectivity index is 2.37. The largest absolute Gasteiger partial charge is 0.285 e. The number of nitrogens with zero attached hydrogens (tertiary/aromatic N) is 1. The smallest absolute Gasteiger partial charge is 0.127 e. The predicted molar refractivity (Wildman–Crippen MR) is 49.8 cm³/mol. The summed E-state index contributed by atoms with van der Waals surface area (Å²) in [7, 11) is 0. The second kappa shape index (κ2) is 3.36. The molecule has 0 fully saturated rings. The molecule has 0 saturated heterocycles. The Morgan fingerprint density at radius 1 is 1.43 bits per heavy atom. The zero-order valence-corrected chi connectivity index (χ0v) is 7.67. The number of aromatic amines is 1. The molecule has 4 heteroatoms. The molecule has 1 aliphatic rings. The van der Waals surface area contributed by atoms with E-state index in [9.17, 15) is 8.78 Å². The normalized spacial score (nSPS) is 27.1. The third-order valence-corrected chi connectivity index (χ3v) is 2.30. The van der Waals surface area contributed by atoms with Crippen LogP contribution in [0.3, 0.4) is 0 Å². The van der Waals surface area contributed by atoms with Gasteiger partial charge in [0.25, 0.3) is 0 Å². The van der Waals surface area contributed by atoms with Crippen LogP contribution in [-0.2, 0) is 0 Å². The molecule has 0 amide bonds. The van der Waals surface area contributed by atoms with Gasteiger partial charge in [0.05, 0.1) is 6.20 Å². The summed E-state index contributed by atoms with van der Waals surface area (Å²) >= 11 is 0. The molecular formula is C10H10F2N2. The van der Waals surface area contributed by atoms with Gasteiger partial charge in [-0.05, 0) is 12.2 Å². The van der Waals surface area contributed by atoms with Gasteiger partial charge in [-0.25, -0.2) is 8.78 Å². The van der Waals surface area contributed by atoms with Crippen LogP contribution >= 0.6 is 0 Å². The molecule has 2 rings (SSSR count). The van der Waals surface area contributed by atoms with Crippen LogP contribution in [0.2, 0.25) is 0 Å². The number of allylic oxidation sites excluding steroid dienone is 4. The van der Waals surface area contributed by atoms with Gasteiger partial charge in [-0.15, -0.1) is 0 Å². The summed E-state index contributed by atoms with van der Waals surface area (Å²) in [5.74, 6) is -0.779. The minimum absolute atomic E-state index is 0.282. The molecule has 2 atom stereocenters. The second-order valence-electron chi connectivity index (χ2n) is 3.39. The fourth-order valence-electron chi connectivity index (χ4n) is 1.44. The molecule has 14 heavy (non-hydrogen) atoms. The topological polar surface area (TPSA) is 28.7 Å².